The van der Waals surface area contributed by atoms with E-state index in [9.17, 15) is 0 Å². The average molecular weight is 738 g/mol. The number of pyridine rings is 1. The second kappa shape index (κ2) is 12.4. The maximum atomic E-state index is 8.74. The molecule has 0 saturated heterocycles. The number of ether oxygens (including phenoxy) is 1. The van der Waals surface area contributed by atoms with Crippen molar-refractivity contribution in [1.29, 1.82) is 0 Å². The van der Waals surface area contributed by atoms with Crippen LogP contribution in [-0.2, 0) is 17.3 Å². The number of hydrogen-bond donors (Lipinski definition) is 0. The summed E-state index contributed by atoms with van der Waals surface area (Å²) in [5, 5.41) is 2.49. The van der Waals surface area contributed by atoms with Gasteiger partial charge < -0.3 is 9.30 Å². The van der Waals surface area contributed by atoms with Crippen LogP contribution in [0.4, 0.5) is 0 Å². The molecule has 3 aromatic heterocycles. The third kappa shape index (κ3) is 4.92. The molecule has 5 aromatic carbocycles. The Morgan fingerprint density at radius 2 is 1.57 bits per heavy atom. The van der Waals surface area contributed by atoms with E-state index in [2.05, 4.69) is 118 Å². The minimum Gasteiger partial charge on any atom is -0.457 e. The van der Waals surface area contributed by atoms with Gasteiger partial charge in [-0.3, -0.25) is 4.40 Å². The lowest BCUT2D eigenvalue weighted by atomic mass is 9.56. The number of para-hydroxylation sites is 1. The van der Waals surface area contributed by atoms with Crippen LogP contribution in [0.15, 0.2) is 110 Å². The van der Waals surface area contributed by atoms with Crippen LogP contribution in [-0.4, -0.2) is 18.9 Å². The van der Waals surface area contributed by atoms with E-state index in [1.54, 1.807) is 0 Å². The quantitative estimate of drug-likeness (QED) is 0.160. The molecule has 1 aliphatic carbocycles. The van der Waals surface area contributed by atoms with E-state index < -0.39 is 6.85 Å². The van der Waals surface area contributed by atoms with Gasteiger partial charge in [-0.15, -0.1) is 0 Å². The maximum absolute atomic E-state index is 8.74. The van der Waals surface area contributed by atoms with E-state index in [0.717, 1.165) is 74.7 Å². The normalized spacial score (nSPS) is 18.3. The van der Waals surface area contributed by atoms with Crippen molar-refractivity contribution < 1.29 is 8.85 Å². The van der Waals surface area contributed by atoms with Gasteiger partial charge in [0.05, 0.1) is 34.6 Å². The van der Waals surface area contributed by atoms with Gasteiger partial charge in [-0.2, -0.15) is 0 Å². The van der Waals surface area contributed by atoms with Gasteiger partial charge in [0.15, 0.2) is 0 Å². The van der Waals surface area contributed by atoms with Crippen molar-refractivity contribution in [3.05, 3.63) is 143 Å². The molecule has 56 heavy (non-hydrogen) atoms. The van der Waals surface area contributed by atoms with Crippen molar-refractivity contribution in [1.82, 2.24) is 18.9 Å². The van der Waals surface area contributed by atoms with Crippen LogP contribution in [0.2, 0.25) is 0 Å². The molecule has 1 unspecified atom stereocenters. The highest BCUT2D eigenvalue weighted by Crippen LogP contribution is 2.57. The smallest absolute Gasteiger partial charge is 0.146 e. The van der Waals surface area contributed by atoms with Crippen LogP contribution in [0.5, 0.6) is 11.5 Å². The van der Waals surface area contributed by atoms with Crippen molar-refractivity contribution >= 4 is 27.3 Å². The number of benzene rings is 5. The molecule has 0 spiro atoms. The fraction of sp³-hybridized carbons (Fsp3) is 0.294. The van der Waals surface area contributed by atoms with E-state index in [4.69, 9.17) is 18.8 Å². The van der Waals surface area contributed by atoms with Crippen molar-refractivity contribution in [3.8, 4) is 39.7 Å². The first-order valence-corrected chi connectivity index (χ1v) is 20.2. The van der Waals surface area contributed by atoms with Crippen molar-refractivity contribution in [3.63, 3.8) is 0 Å². The standard InChI is InChI=1S/C51H50N4O/c1-30(2)37-19-12-20-38(31(3)4)46(37)54-28-43(52-29-54)34-15-11-17-35(26-34)56-36-22-23-40-41(27-36)49-53-45-39-18-10-9-14-33(39)16-13-25-51(8)48(45)55(49)47-42(50(51,6)7)24-21-32(5)44(40)47/h9-12,14-15,17-24,26-31H,13,16,25H2,1-8H3/i5D3. The topological polar surface area (TPSA) is 44.3 Å². The number of aromatic nitrogens is 4. The van der Waals surface area contributed by atoms with Gasteiger partial charge in [-0.1, -0.05) is 115 Å². The number of aryl methyl sites for hydroxylation is 2. The summed E-state index contributed by atoms with van der Waals surface area (Å²) in [7, 11) is 0. The van der Waals surface area contributed by atoms with Crippen molar-refractivity contribution in [2.75, 3.05) is 0 Å². The van der Waals surface area contributed by atoms with E-state index >= 15 is 0 Å². The Hall–Kier alpha value is -5.68. The van der Waals surface area contributed by atoms with Gasteiger partial charge in [0.1, 0.15) is 17.1 Å². The van der Waals surface area contributed by atoms with Crippen LogP contribution >= 0.6 is 0 Å². The van der Waals surface area contributed by atoms with Crippen molar-refractivity contribution in [2.24, 2.45) is 0 Å². The highest BCUT2D eigenvalue weighted by Gasteiger charge is 2.51. The Morgan fingerprint density at radius 3 is 2.36 bits per heavy atom. The first kappa shape index (κ1) is 31.5. The zero-order chi connectivity index (χ0) is 41.2. The number of hydrogen-bond acceptors (Lipinski definition) is 3. The molecule has 0 saturated carbocycles. The average Bonchev–Trinajstić information content (AvgIpc) is 3.86. The number of rotatable bonds is 6. The predicted octanol–water partition coefficient (Wildman–Crippen LogP) is 13.4. The largest absolute Gasteiger partial charge is 0.457 e. The summed E-state index contributed by atoms with van der Waals surface area (Å²) in [5.74, 6) is 2.07. The Morgan fingerprint density at radius 1 is 0.804 bits per heavy atom. The minimum absolute atomic E-state index is 0.265. The Labute approximate surface area is 334 Å². The van der Waals surface area contributed by atoms with Crippen molar-refractivity contribution in [2.45, 2.75) is 97.2 Å². The molecule has 0 radical (unpaired) electrons. The first-order valence-electron chi connectivity index (χ1n) is 21.7. The third-order valence-corrected chi connectivity index (χ3v) is 13.3. The summed E-state index contributed by atoms with van der Waals surface area (Å²) in [6.45, 7) is 13.7. The van der Waals surface area contributed by atoms with Gasteiger partial charge in [0.2, 0.25) is 0 Å². The molecule has 5 nitrogen and oxygen atoms in total. The lowest BCUT2D eigenvalue weighted by Gasteiger charge is -2.49. The fourth-order valence-electron chi connectivity index (χ4n) is 9.99. The second-order valence-corrected chi connectivity index (χ2v) is 17.4. The fourth-order valence-corrected chi connectivity index (χ4v) is 9.99. The van der Waals surface area contributed by atoms with E-state index in [0.29, 0.717) is 28.9 Å². The zero-order valence-corrected chi connectivity index (χ0v) is 33.4. The highest BCUT2D eigenvalue weighted by molar-refractivity contribution is 6.15. The van der Waals surface area contributed by atoms with Crippen LogP contribution in [0.3, 0.4) is 0 Å². The zero-order valence-electron chi connectivity index (χ0n) is 36.4. The first-order chi connectivity index (χ1) is 28.2. The Kier molecular flexibility index (Phi) is 6.99. The molecule has 5 heteroatoms. The number of fused-ring (bicyclic) bond motifs is 5. The lowest BCUT2D eigenvalue weighted by molar-refractivity contribution is 0.239. The third-order valence-electron chi connectivity index (χ3n) is 13.3. The SMILES string of the molecule is [2H]C([2H])([2H])c1ccc2c3c1c1ccc(Oc4cccc(-c5cn(-c6c(C(C)C)cccc6C(C)C)cn5)c4)cc1c1nc4c(n13)C(C)(CCCc1ccccc1-4)C2(C)C. The molecule has 0 bridgehead atoms. The summed E-state index contributed by atoms with van der Waals surface area (Å²) in [4.78, 5) is 10.5. The predicted molar refractivity (Wildman–Crippen MR) is 231 cm³/mol. The monoisotopic (exact) mass is 737 g/mol. The van der Waals surface area contributed by atoms with E-state index in [1.165, 1.54) is 28.1 Å². The Balaban J connectivity index is 1.15. The van der Waals surface area contributed by atoms with Gasteiger partial charge in [0.25, 0.3) is 0 Å². The van der Waals surface area contributed by atoms with E-state index in [1.807, 2.05) is 48.8 Å². The molecule has 1 atom stereocenters. The van der Waals surface area contributed by atoms with Crippen LogP contribution in [0.25, 0.3) is 55.5 Å². The molecule has 10 rings (SSSR count). The van der Waals surface area contributed by atoms with Gasteiger partial charge in [0, 0.05) is 43.0 Å². The Bertz CT molecular complexity index is 2980. The summed E-state index contributed by atoms with van der Waals surface area (Å²) >= 11 is 0. The summed E-state index contributed by atoms with van der Waals surface area (Å²) in [5.41, 5.74) is 13.0. The molecule has 0 N–H and O–H groups in total. The van der Waals surface area contributed by atoms with Crippen LogP contribution in [0, 0.1) is 6.85 Å². The van der Waals surface area contributed by atoms with Gasteiger partial charge >= 0.3 is 0 Å². The van der Waals surface area contributed by atoms with Crippen LogP contribution < -0.4 is 4.74 Å². The molecule has 8 aromatic rings. The molecule has 0 fully saturated rings. The van der Waals surface area contributed by atoms with Crippen LogP contribution in [0.1, 0.15) is 111 Å². The summed E-state index contributed by atoms with van der Waals surface area (Å²) < 4.78 is 37.4. The minimum atomic E-state index is -2.32. The molecule has 4 heterocycles. The molecule has 2 aliphatic rings. The molecule has 1 aliphatic heterocycles. The highest BCUT2D eigenvalue weighted by atomic mass is 16.5. The maximum Gasteiger partial charge on any atom is 0.146 e. The molecular weight excluding hydrogens is 685 g/mol. The molecule has 0 amide bonds. The molecular formula is C51H50N4O. The molecule has 280 valence electrons. The number of imidazole rings is 2. The van der Waals surface area contributed by atoms with Gasteiger partial charge in [-0.25, -0.2) is 9.97 Å². The summed E-state index contributed by atoms with van der Waals surface area (Å²) in [6.07, 6.45) is 7.04. The lowest BCUT2D eigenvalue weighted by Crippen LogP contribution is -2.47. The number of nitrogens with zero attached hydrogens (tertiary/aromatic N) is 4. The van der Waals surface area contributed by atoms with E-state index in [-0.39, 0.29) is 10.8 Å². The second-order valence-electron chi connectivity index (χ2n) is 17.4. The summed E-state index contributed by atoms with van der Waals surface area (Å²) in [6, 6.07) is 33.3. The van der Waals surface area contributed by atoms with Gasteiger partial charge in [-0.05, 0) is 101 Å².